The van der Waals surface area contributed by atoms with Gasteiger partial charge in [-0.25, -0.2) is 67.8 Å². The Kier molecular flexibility index (Phi) is 33.1. The predicted molar refractivity (Wildman–Crippen MR) is 562 cm³/mol. The standard InChI is InChI=1S/C28H32FN5O4.C27H30ClN5O4.C27H30FN5O4.C27H32N6O4/c1-17(2)34-25-23(27(36)32(28(34)37)13-4-14-35)33(15-19-8-10-21(29)11-9-19)24(31-25)22-12-5-18(3)30-26(22)38-16-20-6-7-20;2*1-17(2)33-24-22(26(35)31(27(33)36)13-4-14-34)32(15-18-8-10-20(28)11-9-18)23(30-24)21-5-3-12-29-25(21)37-16-19-6-7-19;1-17(2)33-24-22(26(35)31(27(33)36)12-5-13-34)32(15-20-10-7-18(3)14-29-20)23(30-24)21-6-4-11-28-25(21)37-16-19-8-9-19/h5,8-12,17,20,35H,4,6-7,13-16H2,1-3H3;2*3,5,8-12,17,19,34H,4,6-7,13-16H2,1-2H3;4,6-7,10-11,14,17,19,34H,5,8-9,12-13,15-16H2,1-3H3. The first-order valence-corrected chi connectivity index (χ1v) is 51.3. The van der Waals surface area contributed by atoms with E-state index in [-0.39, 0.29) is 143 Å². The van der Waals surface area contributed by atoms with Crippen molar-refractivity contribution in [2.75, 3.05) is 52.9 Å². The lowest BCUT2D eigenvalue weighted by Gasteiger charge is -2.15. The van der Waals surface area contributed by atoms with Gasteiger partial charge >= 0.3 is 22.8 Å². The summed E-state index contributed by atoms with van der Waals surface area (Å²) < 4.78 is 69.6. The van der Waals surface area contributed by atoms with Crippen LogP contribution in [0, 0.1) is 49.2 Å². The number of ether oxygens (including phenoxy) is 4. The summed E-state index contributed by atoms with van der Waals surface area (Å²) in [6.45, 7) is 21.9. The van der Waals surface area contributed by atoms with E-state index in [1.807, 2.05) is 139 Å². The minimum absolute atomic E-state index is 0.0791. The second-order valence-corrected chi connectivity index (χ2v) is 39.9. The van der Waals surface area contributed by atoms with Gasteiger partial charge in [-0.2, -0.15) is 0 Å². The summed E-state index contributed by atoms with van der Waals surface area (Å²) in [6, 6.07) is 37.0. The lowest BCUT2D eigenvalue weighted by molar-refractivity contribution is 0.277. The van der Waals surface area contributed by atoms with Gasteiger partial charge in [0, 0.05) is 132 Å². The van der Waals surface area contributed by atoms with E-state index in [2.05, 4.69) is 24.9 Å². The van der Waals surface area contributed by atoms with Gasteiger partial charge in [0.2, 0.25) is 23.5 Å². The average molecular weight is 2060 g/mol. The van der Waals surface area contributed by atoms with E-state index in [1.165, 1.54) is 51.7 Å². The zero-order chi connectivity index (χ0) is 105. The van der Waals surface area contributed by atoms with Gasteiger partial charge in [-0.3, -0.25) is 60.7 Å². The maximum atomic E-state index is 13.8. The number of aryl methyl sites for hydroxylation is 2. The summed E-state index contributed by atoms with van der Waals surface area (Å²) in [7, 11) is 0. The van der Waals surface area contributed by atoms with Crippen molar-refractivity contribution in [1.29, 1.82) is 0 Å². The van der Waals surface area contributed by atoms with Crippen LogP contribution in [0.2, 0.25) is 5.02 Å². The second kappa shape index (κ2) is 46.7. The number of hydrogen-bond donors (Lipinski definition) is 4. The molecule has 40 heteroatoms. The van der Waals surface area contributed by atoms with Gasteiger partial charge < -0.3 is 57.6 Å². The van der Waals surface area contributed by atoms with Crippen molar-refractivity contribution < 1.29 is 48.2 Å². The Morgan fingerprint density at radius 2 is 0.617 bits per heavy atom. The number of aromatic nitrogens is 21. The molecule has 13 heterocycles. The Bertz CT molecular complexity index is 7510. The highest BCUT2D eigenvalue weighted by Crippen LogP contribution is 2.41. The molecule has 0 amide bonds. The van der Waals surface area contributed by atoms with Gasteiger partial charge in [-0.1, -0.05) is 54.1 Å². The van der Waals surface area contributed by atoms with Crippen LogP contribution >= 0.6 is 11.6 Å². The van der Waals surface area contributed by atoms with Gasteiger partial charge in [-0.05, 0) is 283 Å². The van der Waals surface area contributed by atoms with Crippen LogP contribution in [0.5, 0.6) is 23.5 Å². The maximum absolute atomic E-state index is 13.8. The fraction of sp³-hybridized carbons (Fsp3) is 0.422. The van der Waals surface area contributed by atoms with Crippen LogP contribution in [0.15, 0.2) is 197 Å². The third kappa shape index (κ3) is 23.7. The van der Waals surface area contributed by atoms with E-state index < -0.39 is 45.0 Å². The molecule has 0 radical (unpaired) electrons. The molecule has 16 aromatic rings. The molecule has 13 aromatic heterocycles. The van der Waals surface area contributed by atoms with E-state index in [9.17, 15) is 67.6 Å². The number of hydrogen-bond acceptors (Lipinski definition) is 25. The predicted octanol–water partition coefficient (Wildman–Crippen LogP) is 13.8. The Balaban J connectivity index is 0.000000135. The lowest BCUT2D eigenvalue weighted by atomic mass is 10.2. The summed E-state index contributed by atoms with van der Waals surface area (Å²) in [6.07, 6.45) is 17.0. The molecule has 4 aliphatic carbocycles. The number of pyridine rings is 5. The molecule has 0 saturated heterocycles. The highest BCUT2D eigenvalue weighted by molar-refractivity contribution is 6.30. The summed E-state index contributed by atoms with van der Waals surface area (Å²) in [5.74, 6) is 4.95. The second-order valence-electron chi connectivity index (χ2n) is 39.5. The molecule has 0 aliphatic heterocycles. The quantitative estimate of drug-likeness (QED) is 0.0277. The van der Waals surface area contributed by atoms with Crippen LogP contribution < -0.4 is 63.9 Å². The van der Waals surface area contributed by atoms with Gasteiger partial charge in [0.25, 0.3) is 22.2 Å². The molecular formula is C109H124ClF2N21O16. The number of imidazole rings is 4. The summed E-state index contributed by atoms with van der Waals surface area (Å²) in [5.41, 5.74) is 6.08. The van der Waals surface area contributed by atoms with Crippen LogP contribution in [-0.4, -0.2) is 173 Å². The van der Waals surface area contributed by atoms with Crippen molar-refractivity contribution in [3.05, 3.63) is 292 Å². The molecule has 3 aromatic carbocycles. The average Bonchev–Trinajstić information content (AvgIpc) is 1.67. The van der Waals surface area contributed by atoms with Crippen LogP contribution in [0.4, 0.5) is 8.78 Å². The zero-order valence-electron chi connectivity index (χ0n) is 85.1. The number of rotatable bonds is 40. The molecule has 4 saturated carbocycles. The Hall–Kier alpha value is -14.8. The van der Waals surface area contributed by atoms with Crippen LogP contribution in [0.25, 0.3) is 90.2 Å². The fourth-order valence-corrected chi connectivity index (χ4v) is 18.0. The summed E-state index contributed by atoms with van der Waals surface area (Å²) >= 11 is 6.11. The summed E-state index contributed by atoms with van der Waals surface area (Å²) in [4.78, 5) is 151. The molecule has 0 unspecified atom stereocenters. The topological polar surface area (TPSA) is 430 Å². The van der Waals surface area contributed by atoms with Crippen LogP contribution in [0.3, 0.4) is 0 Å². The Morgan fingerprint density at radius 3 is 0.893 bits per heavy atom. The Morgan fingerprint density at radius 1 is 0.336 bits per heavy atom. The number of halogens is 3. The Labute approximate surface area is 859 Å². The fourth-order valence-electron chi connectivity index (χ4n) is 17.9. The molecule has 20 rings (SSSR count). The monoisotopic (exact) mass is 2060 g/mol. The van der Waals surface area contributed by atoms with Gasteiger partial charge in [-0.15, -0.1) is 0 Å². The molecular weight excluding hydrogens is 1930 g/mol. The molecule has 4 fully saturated rings. The van der Waals surface area contributed by atoms with Gasteiger partial charge in [0.15, 0.2) is 44.7 Å². The highest BCUT2D eigenvalue weighted by atomic mass is 35.5. The van der Waals surface area contributed by atoms with E-state index in [1.54, 1.807) is 82.5 Å². The molecule has 0 bridgehead atoms. The molecule has 149 heavy (non-hydrogen) atoms. The molecule has 782 valence electrons. The van der Waals surface area contributed by atoms with Crippen molar-refractivity contribution in [3.63, 3.8) is 0 Å². The molecule has 0 spiro atoms. The minimum atomic E-state index is -0.490. The van der Waals surface area contributed by atoms with E-state index in [0.717, 1.165) is 94.1 Å². The summed E-state index contributed by atoms with van der Waals surface area (Å²) in [5, 5.41) is 38.1. The van der Waals surface area contributed by atoms with Crippen molar-refractivity contribution in [2.45, 2.75) is 223 Å². The number of aliphatic hydroxyl groups excluding tert-OH is 4. The van der Waals surface area contributed by atoms with Crippen molar-refractivity contribution >= 4 is 56.3 Å². The molecule has 4 aliphatic rings. The van der Waals surface area contributed by atoms with Gasteiger partial charge in [0.05, 0.1) is 60.9 Å². The number of nitrogens with zero attached hydrogens (tertiary/aromatic N) is 21. The SMILES string of the molecule is CC(C)n1c(=O)n(CCCO)c(=O)c2c1nc(-c1cccnc1OCC1CC1)n2Cc1ccc(Cl)cc1.CC(C)n1c(=O)n(CCCO)c(=O)c2c1nc(-c1cccnc1OCC1CC1)n2Cc1ccc(F)cc1.Cc1ccc(-c2nc3c(c(=O)n(CCCO)c(=O)n3C(C)C)n2Cc2ccc(F)cc2)c(OCC2CC2)n1.Cc1ccc(Cn2c(-c3cccnc3OCC3CC3)nc3c2c(=O)n(CCCO)c(=O)n3C(C)C)nc1. The van der Waals surface area contributed by atoms with Gasteiger partial charge in [0.1, 0.15) is 34.9 Å². The first kappa shape index (κ1) is 106. The smallest absolute Gasteiger partial charge is 0.332 e. The minimum Gasteiger partial charge on any atom is -0.477 e. The first-order chi connectivity index (χ1) is 71.9. The maximum Gasteiger partial charge on any atom is 0.332 e. The van der Waals surface area contributed by atoms with Crippen LogP contribution in [0.1, 0.15) is 190 Å². The number of fused-ring (bicyclic) bond motifs is 4. The molecule has 0 atom stereocenters. The number of benzene rings is 3. The lowest BCUT2D eigenvalue weighted by Crippen LogP contribution is -2.41. The highest BCUT2D eigenvalue weighted by Gasteiger charge is 2.35. The van der Waals surface area contributed by atoms with E-state index >= 15 is 0 Å². The van der Waals surface area contributed by atoms with E-state index in [4.69, 9.17) is 50.5 Å². The van der Waals surface area contributed by atoms with Crippen molar-refractivity contribution in [3.8, 4) is 69.1 Å². The van der Waals surface area contributed by atoms with E-state index in [0.29, 0.717) is 166 Å². The van der Waals surface area contributed by atoms with Crippen LogP contribution in [-0.2, 0) is 52.4 Å². The largest absolute Gasteiger partial charge is 0.477 e. The third-order valence-electron chi connectivity index (χ3n) is 26.4. The number of aliphatic hydroxyl groups is 4. The van der Waals surface area contributed by atoms with Crippen molar-refractivity contribution in [2.24, 2.45) is 23.7 Å². The normalized spacial score (nSPS) is 13.5. The van der Waals surface area contributed by atoms with Crippen molar-refractivity contribution in [1.82, 2.24) is 99.7 Å². The first-order valence-electron chi connectivity index (χ1n) is 50.9. The molecule has 4 N–H and O–H groups in total. The zero-order valence-corrected chi connectivity index (χ0v) is 85.9. The molecule has 37 nitrogen and oxygen atoms in total. The third-order valence-corrected chi connectivity index (χ3v) is 26.7.